The molecule has 0 unspecified atom stereocenters. The molecule has 2 heterocycles. The number of hydrogen-bond acceptors (Lipinski definition) is 4. The molecular weight excluding hydrogens is 306 g/mol. The fourth-order valence-corrected chi connectivity index (χ4v) is 3.65. The van der Waals surface area contributed by atoms with Crippen LogP contribution in [0.5, 0.6) is 11.5 Å². The quantitative estimate of drug-likeness (QED) is 0.804. The number of phenols is 1. The molecule has 0 spiro atoms. The van der Waals surface area contributed by atoms with Gasteiger partial charge in [0.1, 0.15) is 0 Å². The summed E-state index contributed by atoms with van der Waals surface area (Å²) in [6.07, 6.45) is 3.80. The molecule has 126 valence electrons. The van der Waals surface area contributed by atoms with Gasteiger partial charge in [-0.1, -0.05) is 18.6 Å². The van der Waals surface area contributed by atoms with Gasteiger partial charge in [0, 0.05) is 35.1 Å². The van der Waals surface area contributed by atoms with Crippen LogP contribution in [0.25, 0.3) is 0 Å². The highest BCUT2D eigenvalue weighted by molar-refractivity contribution is 5.94. The molecule has 1 atom stereocenters. The van der Waals surface area contributed by atoms with Gasteiger partial charge in [0.15, 0.2) is 17.3 Å². The number of benzene rings is 1. The Morgan fingerprint density at radius 3 is 2.92 bits per heavy atom. The number of aromatic amines is 1. The summed E-state index contributed by atoms with van der Waals surface area (Å²) in [4.78, 5) is 12.1. The molecule has 1 aromatic carbocycles. The number of ether oxygens (including phenoxy) is 1. The number of para-hydroxylation sites is 1. The Kier molecular flexibility index (Phi) is 3.67. The van der Waals surface area contributed by atoms with Crippen molar-refractivity contribution in [2.24, 2.45) is 0 Å². The SMILES string of the molecule is CCOc1cccc([C@H]2CC(=O)Nc3n[nH]c(C4CCC4)c32)c1O. The average Bonchev–Trinajstić information content (AvgIpc) is 2.91. The lowest BCUT2D eigenvalue weighted by Crippen LogP contribution is -2.25. The van der Waals surface area contributed by atoms with Crippen LogP contribution in [0.2, 0.25) is 0 Å². The van der Waals surface area contributed by atoms with Crippen molar-refractivity contribution in [3.8, 4) is 11.5 Å². The number of rotatable bonds is 4. The minimum atomic E-state index is -0.205. The van der Waals surface area contributed by atoms with Crippen molar-refractivity contribution in [2.75, 3.05) is 11.9 Å². The highest BCUT2D eigenvalue weighted by atomic mass is 16.5. The Labute approximate surface area is 140 Å². The topological polar surface area (TPSA) is 87.2 Å². The maximum atomic E-state index is 12.1. The van der Waals surface area contributed by atoms with Crippen LogP contribution < -0.4 is 10.1 Å². The molecule has 6 nitrogen and oxygen atoms in total. The summed E-state index contributed by atoms with van der Waals surface area (Å²) < 4.78 is 5.50. The molecule has 0 radical (unpaired) electrons. The van der Waals surface area contributed by atoms with Gasteiger partial charge in [-0.15, -0.1) is 0 Å². The first-order valence-corrected chi connectivity index (χ1v) is 8.51. The lowest BCUT2D eigenvalue weighted by Gasteiger charge is -2.30. The van der Waals surface area contributed by atoms with E-state index in [4.69, 9.17) is 4.74 Å². The lowest BCUT2D eigenvalue weighted by molar-refractivity contribution is -0.116. The van der Waals surface area contributed by atoms with E-state index in [1.165, 1.54) is 6.42 Å². The Morgan fingerprint density at radius 1 is 1.38 bits per heavy atom. The van der Waals surface area contributed by atoms with Gasteiger partial charge in [-0.25, -0.2) is 0 Å². The second kappa shape index (κ2) is 5.85. The zero-order valence-electron chi connectivity index (χ0n) is 13.6. The standard InChI is InChI=1S/C18H21N3O3/c1-2-24-13-8-4-7-11(17(13)23)12-9-14(22)19-18-15(12)16(20-21-18)10-5-3-6-10/h4,7-8,10,12,23H,2-3,5-6,9H2,1H3,(H2,19,20,21,22)/t12-/m1/s1. The maximum Gasteiger partial charge on any atom is 0.226 e. The molecule has 4 rings (SSSR count). The van der Waals surface area contributed by atoms with Gasteiger partial charge in [0.25, 0.3) is 0 Å². The number of phenolic OH excluding ortho intramolecular Hbond substituents is 1. The van der Waals surface area contributed by atoms with Gasteiger partial charge in [-0.3, -0.25) is 9.89 Å². The van der Waals surface area contributed by atoms with Crippen LogP contribution in [-0.2, 0) is 4.79 Å². The number of aromatic nitrogens is 2. The molecular formula is C18H21N3O3. The van der Waals surface area contributed by atoms with Gasteiger partial charge in [0.05, 0.1) is 6.61 Å². The van der Waals surface area contributed by atoms with Crippen LogP contribution in [0.3, 0.4) is 0 Å². The Hall–Kier alpha value is -2.50. The van der Waals surface area contributed by atoms with E-state index in [-0.39, 0.29) is 17.6 Å². The third kappa shape index (κ3) is 2.33. The first kappa shape index (κ1) is 15.1. The van der Waals surface area contributed by atoms with E-state index in [2.05, 4.69) is 15.5 Å². The normalized spacial score (nSPS) is 20.2. The predicted octanol–water partition coefficient (Wildman–Crippen LogP) is 3.26. The van der Waals surface area contributed by atoms with Crippen LogP contribution in [0.4, 0.5) is 5.82 Å². The molecule has 2 aromatic rings. The zero-order valence-corrected chi connectivity index (χ0v) is 13.6. The number of fused-ring (bicyclic) bond motifs is 1. The Morgan fingerprint density at radius 2 is 2.21 bits per heavy atom. The number of nitrogens with zero attached hydrogens (tertiary/aromatic N) is 1. The Bertz CT molecular complexity index is 780. The van der Waals surface area contributed by atoms with Gasteiger partial charge < -0.3 is 15.2 Å². The molecule has 6 heteroatoms. The van der Waals surface area contributed by atoms with E-state index < -0.39 is 0 Å². The van der Waals surface area contributed by atoms with Crippen molar-refractivity contribution in [3.63, 3.8) is 0 Å². The van der Waals surface area contributed by atoms with Crippen molar-refractivity contribution < 1.29 is 14.6 Å². The molecule has 1 amide bonds. The van der Waals surface area contributed by atoms with Crippen LogP contribution in [0.15, 0.2) is 18.2 Å². The maximum absolute atomic E-state index is 12.1. The van der Waals surface area contributed by atoms with E-state index >= 15 is 0 Å². The zero-order chi connectivity index (χ0) is 16.7. The smallest absolute Gasteiger partial charge is 0.226 e. The van der Waals surface area contributed by atoms with Crippen molar-refractivity contribution in [1.29, 1.82) is 0 Å². The molecule has 1 aromatic heterocycles. The first-order valence-electron chi connectivity index (χ1n) is 8.51. The van der Waals surface area contributed by atoms with E-state index in [0.29, 0.717) is 30.5 Å². The summed E-state index contributed by atoms with van der Waals surface area (Å²) >= 11 is 0. The molecule has 2 aliphatic rings. The molecule has 3 N–H and O–H groups in total. The van der Waals surface area contributed by atoms with E-state index in [1.807, 2.05) is 19.1 Å². The van der Waals surface area contributed by atoms with Gasteiger partial charge in [-0.2, -0.15) is 5.10 Å². The monoisotopic (exact) mass is 327 g/mol. The molecule has 1 fully saturated rings. The first-order chi connectivity index (χ1) is 11.7. The second-order valence-corrected chi connectivity index (χ2v) is 6.46. The molecule has 0 bridgehead atoms. The summed E-state index contributed by atoms with van der Waals surface area (Å²) in [5.74, 6) is 1.35. The van der Waals surface area contributed by atoms with Crippen molar-refractivity contribution in [1.82, 2.24) is 10.2 Å². The lowest BCUT2D eigenvalue weighted by atomic mass is 9.76. The van der Waals surface area contributed by atoms with Crippen LogP contribution in [0.1, 0.15) is 61.3 Å². The van der Waals surface area contributed by atoms with Crippen LogP contribution in [-0.4, -0.2) is 27.8 Å². The van der Waals surface area contributed by atoms with Gasteiger partial charge in [0.2, 0.25) is 5.91 Å². The van der Waals surface area contributed by atoms with Crippen LogP contribution in [0, 0.1) is 0 Å². The van der Waals surface area contributed by atoms with Crippen molar-refractivity contribution in [3.05, 3.63) is 35.0 Å². The fraction of sp³-hybridized carbons (Fsp3) is 0.444. The van der Waals surface area contributed by atoms with E-state index in [0.717, 1.165) is 29.7 Å². The summed E-state index contributed by atoms with van der Waals surface area (Å²) in [5, 5.41) is 20.9. The number of hydrogen-bond donors (Lipinski definition) is 3. The number of nitrogens with one attached hydrogen (secondary N) is 2. The summed E-state index contributed by atoms with van der Waals surface area (Å²) in [7, 11) is 0. The number of carbonyl (C=O) groups is 1. The van der Waals surface area contributed by atoms with Crippen molar-refractivity contribution in [2.45, 2.75) is 44.4 Å². The third-order valence-corrected chi connectivity index (χ3v) is 5.05. The number of H-pyrrole nitrogens is 1. The van der Waals surface area contributed by atoms with E-state index in [1.54, 1.807) is 6.07 Å². The number of aromatic hydroxyl groups is 1. The third-order valence-electron chi connectivity index (χ3n) is 5.05. The van der Waals surface area contributed by atoms with E-state index in [9.17, 15) is 9.90 Å². The van der Waals surface area contributed by atoms with Crippen LogP contribution >= 0.6 is 0 Å². The number of anilines is 1. The number of amides is 1. The number of carbonyl (C=O) groups excluding carboxylic acids is 1. The van der Waals surface area contributed by atoms with Crippen molar-refractivity contribution >= 4 is 11.7 Å². The molecule has 1 saturated carbocycles. The fourth-order valence-electron chi connectivity index (χ4n) is 3.65. The van der Waals surface area contributed by atoms with Gasteiger partial charge >= 0.3 is 0 Å². The largest absolute Gasteiger partial charge is 0.504 e. The summed E-state index contributed by atoms with van der Waals surface area (Å²) in [5.41, 5.74) is 2.84. The molecule has 1 aliphatic carbocycles. The molecule has 24 heavy (non-hydrogen) atoms. The highest BCUT2D eigenvalue weighted by Gasteiger charge is 2.36. The minimum Gasteiger partial charge on any atom is -0.504 e. The average molecular weight is 327 g/mol. The molecule has 1 aliphatic heterocycles. The highest BCUT2D eigenvalue weighted by Crippen LogP contribution is 2.48. The Balaban J connectivity index is 1.81. The molecule has 0 saturated heterocycles. The predicted molar refractivity (Wildman–Crippen MR) is 89.5 cm³/mol. The van der Waals surface area contributed by atoms with Gasteiger partial charge in [-0.05, 0) is 25.8 Å². The summed E-state index contributed by atoms with van der Waals surface area (Å²) in [6, 6.07) is 5.46. The minimum absolute atomic E-state index is 0.0830. The summed E-state index contributed by atoms with van der Waals surface area (Å²) in [6.45, 7) is 2.36. The second-order valence-electron chi connectivity index (χ2n) is 6.46.